The van der Waals surface area contributed by atoms with Crippen LogP contribution in [0.25, 0.3) is 17.5 Å². The third kappa shape index (κ3) is 3.98. The van der Waals surface area contributed by atoms with Crippen molar-refractivity contribution in [2.45, 2.75) is 12.4 Å². The number of hydrogen-bond acceptors (Lipinski definition) is 1. The van der Waals surface area contributed by atoms with E-state index >= 15 is 0 Å². The van der Waals surface area contributed by atoms with Gasteiger partial charge in [-0.25, -0.2) is 4.79 Å². The predicted octanol–water partition coefficient (Wildman–Crippen LogP) is 4.75. The van der Waals surface area contributed by atoms with Crippen molar-refractivity contribution in [2.24, 2.45) is 0 Å². The standard InChI is InChI=1S/C15H9F6NO2/c16-14(17,18)10-6-9(7-11(8-10)15(19,20)21)12-2-1-4-22(12)5-3-13(23)24/h1-8H,(H,23,24). The fraction of sp³-hybridized carbons (Fsp3) is 0.133. The molecule has 0 radical (unpaired) electrons. The van der Waals surface area contributed by atoms with Crippen LogP contribution in [-0.4, -0.2) is 15.6 Å². The smallest absolute Gasteiger partial charge is 0.416 e. The number of nitrogens with zero attached hydrogens (tertiary/aromatic N) is 1. The van der Waals surface area contributed by atoms with Crippen molar-refractivity contribution < 1.29 is 36.2 Å². The van der Waals surface area contributed by atoms with Gasteiger partial charge < -0.3 is 9.67 Å². The predicted molar refractivity (Wildman–Crippen MR) is 72.8 cm³/mol. The van der Waals surface area contributed by atoms with E-state index in [1.807, 2.05) is 0 Å². The zero-order valence-corrected chi connectivity index (χ0v) is 11.7. The molecular formula is C15H9F6NO2. The summed E-state index contributed by atoms with van der Waals surface area (Å²) < 4.78 is 78.3. The van der Waals surface area contributed by atoms with E-state index in [4.69, 9.17) is 5.11 Å². The lowest BCUT2D eigenvalue weighted by Gasteiger charge is -2.14. The molecule has 0 atom stereocenters. The summed E-state index contributed by atoms with van der Waals surface area (Å²) in [5.41, 5.74) is -3.23. The summed E-state index contributed by atoms with van der Waals surface area (Å²) >= 11 is 0. The maximum absolute atomic E-state index is 12.9. The number of benzene rings is 1. The van der Waals surface area contributed by atoms with E-state index in [1.165, 1.54) is 18.3 Å². The Labute approximate surface area is 131 Å². The van der Waals surface area contributed by atoms with Crippen LogP contribution in [0.15, 0.2) is 42.6 Å². The minimum Gasteiger partial charge on any atom is -0.478 e. The minimum absolute atomic E-state index is 0.0101. The number of halogens is 6. The molecule has 1 N–H and O–H groups in total. The molecule has 128 valence electrons. The maximum atomic E-state index is 12.9. The number of aliphatic carboxylic acids is 1. The highest BCUT2D eigenvalue weighted by Crippen LogP contribution is 2.38. The summed E-state index contributed by atoms with van der Waals surface area (Å²) in [7, 11) is 0. The highest BCUT2D eigenvalue weighted by molar-refractivity contribution is 5.83. The Balaban J connectivity index is 2.63. The van der Waals surface area contributed by atoms with Gasteiger partial charge >= 0.3 is 18.3 Å². The van der Waals surface area contributed by atoms with E-state index < -0.39 is 29.4 Å². The third-order valence-corrected chi connectivity index (χ3v) is 3.04. The second kappa shape index (κ2) is 6.06. The van der Waals surface area contributed by atoms with Gasteiger partial charge in [0.2, 0.25) is 0 Å². The summed E-state index contributed by atoms with van der Waals surface area (Å²) in [6, 6.07) is 3.84. The van der Waals surface area contributed by atoms with Gasteiger partial charge in [-0.05, 0) is 35.9 Å². The third-order valence-electron chi connectivity index (χ3n) is 3.04. The van der Waals surface area contributed by atoms with Crippen molar-refractivity contribution in [1.29, 1.82) is 0 Å². The molecule has 0 aliphatic carbocycles. The van der Waals surface area contributed by atoms with Gasteiger partial charge in [-0.15, -0.1) is 0 Å². The van der Waals surface area contributed by atoms with Crippen LogP contribution in [0.1, 0.15) is 11.1 Å². The van der Waals surface area contributed by atoms with E-state index in [1.54, 1.807) is 0 Å². The first-order chi connectivity index (χ1) is 11.0. The zero-order valence-electron chi connectivity index (χ0n) is 11.7. The largest absolute Gasteiger partial charge is 0.478 e. The van der Waals surface area contributed by atoms with E-state index in [-0.39, 0.29) is 17.3 Å². The van der Waals surface area contributed by atoms with Crippen LogP contribution in [0.2, 0.25) is 0 Å². The van der Waals surface area contributed by atoms with Crippen LogP contribution in [0.5, 0.6) is 0 Å². The Morgan fingerprint density at radius 3 is 2.00 bits per heavy atom. The van der Waals surface area contributed by atoms with Crippen molar-refractivity contribution in [3.63, 3.8) is 0 Å². The lowest BCUT2D eigenvalue weighted by Crippen LogP contribution is -2.11. The maximum Gasteiger partial charge on any atom is 0.416 e. The highest BCUT2D eigenvalue weighted by atomic mass is 19.4. The van der Waals surface area contributed by atoms with E-state index in [0.717, 1.165) is 10.8 Å². The van der Waals surface area contributed by atoms with Gasteiger partial charge in [0.05, 0.1) is 16.8 Å². The van der Waals surface area contributed by atoms with Crippen LogP contribution in [0.4, 0.5) is 26.3 Å². The summed E-state index contributed by atoms with van der Waals surface area (Å²) in [5, 5.41) is 8.58. The quantitative estimate of drug-likeness (QED) is 0.642. The molecule has 0 bridgehead atoms. The first-order valence-electron chi connectivity index (χ1n) is 6.36. The topological polar surface area (TPSA) is 42.2 Å². The SMILES string of the molecule is O=C(O)C=Cn1cccc1-c1cc(C(F)(F)F)cc(C(F)(F)F)c1. The molecule has 1 aromatic heterocycles. The molecule has 0 spiro atoms. The molecule has 1 aromatic carbocycles. The van der Waals surface area contributed by atoms with Crippen LogP contribution in [0, 0.1) is 0 Å². The number of rotatable bonds is 3. The van der Waals surface area contributed by atoms with Crippen LogP contribution in [-0.2, 0) is 17.1 Å². The van der Waals surface area contributed by atoms with Crippen molar-refractivity contribution in [3.05, 3.63) is 53.7 Å². The molecule has 1 heterocycles. The first kappa shape index (κ1) is 17.6. The summed E-state index contributed by atoms with van der Waals surface area (Å²) in [6.07, 6.45) is -6.87. The zero-order chi connectivity index (χ0) is 18.1. The number of aromatic nitrogens is 1. The normalized spacial score (nSPS) is 12.8. The lowest BCUT2D eigenvalue weighted by molar-refractivity contribution is -0.143. The molecule has 2 rings (SSSR count). The molecule has 0 aliphatic rings. The molecule has 2 aromatic rings. The fourth-order valence-corrected chi connectivity index (χ4v) is 2.02. The molecular weight excluding hydrogens is 340 g/mol. The Morgan fingerprint density at radius 1 is 1.00 bits per heavy atom. The van der Waals surface area contributed by atoms with Gasteiger partial charge in [0.25, 0.3) is 0 Å². The fourth-order valence-electron chi connectivity index (χ4n) is 2.02. The molecule has 0 aliphatic heterocycles. The summed E-state index contributed by atoms with van der Waals surface area (Å²) in [6.45, 7) is 0. The number of carboxylic acid groups (broad SMARTS) is 1. The van der Waals surface area contributed by atoms with E-state index in [9.17, 15) is 31.1 Å². The first-order valence-corrected chi connectivity index (χ1v) is 6.36. The van der Waals surface area contributed by atoms with E-state index in [0.29, 0.717) is 18.2 Å². The molecule has 3 nitrogen and oxygen atoms in total. The van der Waals surface area contributed by atoms with Crippen LogP contribution in [0.3, 0.4) is 0 Å². The molecule has 9 heteroatoms. The minimum atomic E-state index is -4.95. The second-order valence-corrected chi connectivity index (χ2v) is 4.75. The number of carboxylic acids is 1. The second-order valence-electron chi connectivity index (χ2n) is 4.75. The lowest BCUT2D eigenvalue weighted by atomic mass is 10.0. The van der Waals surface area contributed by atoms with Crippen molar-refractivity contribution >= 4 is 12.2 Å². The monoisotopic (exact) mass is 349 g/mol. The Kier molecular flexibility index (Phi) is 4.46. The molecule has 0 fully saturated rings. The average Bonchev–Trinajstić information content (AvgIpc) is 2.91. The highest BCUT2D eigenvalue weighted by Gasteiger charge is 2.37. The Hall–Kier alpha value is -2.71. The van der Waals surface area contributed by atoms with Gasteiger partial charge in [-0.2, -0.15) is 26.3 Å². The van der Waals surface area contributed by atoms with Crippen molar-refractivity contribution in [1.82, 2.24) is 4.57 Å². The number of alkyl halides is 6. The molecule has 0 saturated carbocycles. The Morgan fingerprint density at radius 2 is 1.54 bits per heavy atom. The molecule has 0 amide bonds. The number of carbonyl (C=O) groups is 1. The van der Waals surface area contributed by atoms with Crippen molar-refractivity contribution in [2.75, 3.05) is 0 Å². The van der Waals surface area contributed by atoms with Gasteiger partial charge in [0.15, 0.2) is 0 Å². The number of hydrogen-bond donors (Lipinski definition) is 1. The van der Waals surface area contributed by atoms with Gasteiger partial charge in [-0.1, -0.05) is 0 Å². The van der Waals surface area contributed by atoms with E-state index in [2.05, 4.69) is 0 Å². The summed E-state index contributed by atoms with van der Waals surface area (Å²) in [5.74, 6) is -1.31. The summed E-state index contributed by atoms with van der Waals surface area (Å²) in [4.78, 5) is 10.5. The van der Waals surface area contributed by atoms with Crippen LogP contribution >= 0.6 is 0 Å². The van der Waals surface area contributed by atoms with Gasteiger partial charge in [-0.3, -0.25) is 0 Å². The Bertz CT molecular complexity index is 754. The molecule has 0 unspecified atom stereocenters. The van der Waals surface area contributed by atoms with Gasteiger partial charge in [0, 0.05) is 18.5 Å². The molecule has 0 saturated heterocycles. The molecule has 24 heavy (non-hydrogen) atoms. The van der Waals surface area contributed by atoms with Gasteiger partial charge in [0.1, 0.15) is 0 Å². The average molecular weight is 349 g/mol. The van der Waals surface area contributed by atoms with Crippen molar-refractivity contribution in [3.8, 4) is 11.3 Å². The van der Waals surface area contributed by atoms with Crippen LogP contribution < -0.4 is 0 Å².